The fraction of sp³-hybridized carbons (Fsp3) is 0.231. The van der Waals surface area contributed by atoms with Crippen LogP contribution in [0.15, 0.2) is 30.3 Å². The van der Waals surface area contributed by atoms with Gasteiger partial charge in [0, 0.05) is 6.54 Å². The maximum Gasteiger partial charge on any atom is 0.246 e. The van der Waals surface area contributed by atoms with Crippen molar-refractivity contribution in [1.29, 1.82) is 0 Å². The maximum atomic E-state index is 11.8. The van der Waals surface area contributed by atoms with Gasteiger partial charge in [-0.25, -0.2) is 0 Å². The number of carbonyl (C=O) groups excluding carboxylic acids is 2. The lowest BCUT2D eigenvalue weighted by atomic mass is 10.1. The van der Waals surface area contributed by atoms with Gasteiger partial charge in [-0.15, -0.1) is 0 Å². The molecule has 1 heterocycles. The first kappa shape index (κ1) is 12.3. The number of rotatable bonds is 3. The molecule has 3 N–H and O–H groups in total. The van der Waals surface area contributed by atoms with Gasteiger partial charge in [-0.05, 0) is 11.6 Å². The third-order valence-electron chi connectivity index (χ3n) is 2.70. The quantitative estimate of drug-likeness (QED) is 0.794. The molecule has 1 saturated heterocycles. The number of hydrogen-bond acceptors (Lipinski definition) is 3. The second-order valence-electron chi connectivity index (χ2n) is 3.95. The fourth-order valence-corrected chi connectivity index (χ4v) is 1.85. The molecule has 1 aliphatic heterocycles. The Morgan fingerprint density at radius 2 is 2.11 bits per heavy atom. The molecule has 1 aromatic carbocycles. The molecule has 94 valence electrons. The van der Waals surface area contributed by atoms with Gasteiger partial charge in [-0.3, -0.25) is 9.59 Å². The topological polar surface area (TPSA) is 75.4 Å². The van der Waals surface area contributed by atoms with E-state index in [2.05, 4.69) is 5.32 Å². The minimum atomic E-state index is -0.146. The lowest BCUT2D eigenvalue weighted by molar-refractivity contribution is -0.128. The van der Waals surface area contributed by atoms with Gasteiger partial charge >= 0.3 is 0 Å². The zero-order valence-electron chi connectivity index (χ0n) is 9.93. The van der Waals surface area contributed by atoms with E-state index in [9.17, 15) is 9.59 Å². The molecule has 0 aliphatic carbocycles. The molecule has 5 nitrogen and oxygen atoms in total. The second-order valence-corrected chi connectivity index (χ2v) is 3.95. The molecule has 2 rings (SSSR count). The maximum absolute atomic E-state index is 11.8. The summed E-state index contributed by atoms with van der Waals surface area (Å²) in [7, 11) is 0. The van der Waals surface area contributed by atoms with Crippen LogP contribution < -0.4 is 16.0 Å². The van der Waals surface area contributed by atoms with Gasteiger partial charge in [0.15, 0.2) is 0 Å². The highest BCUT2D eigenvalue weighted by molar-refractivity contribution is 6.05. The number of piperazine rings is 1. The Balaban J connectivity index is 2.34. The molecular formula is C13H15N3O2. The summed E-state index contributed by atoms with van der Waals surface area (Å²) in [6.07, 6.45) is 3.67. The molecule has 0 aromatic heterocycles. The summed E-state index contributed by atoms with van der Waals surface area (Å²) in [6, 6.07) is 7.44. The van der Waals surface area contributed by atoms with Crippen molar-refractivity contribution in [3.05, 3.63) is 35.9 Å². The molecule has 0 bridgehead atoms. The van der Waals surface area contributed by atoms with Crippen LogP contribution in [0, 0.1) is 0 Å². The van der Waals surface area contributed by atoms with E-state index in [-0.39, 0.29) is 24.9 Å². The molecule has 0 radical (unpaired) electrons. The number of nitrogens with zero attached hydrogens (tertiary/aromatic N) is 1. The number of nitrogens with one attached hydrogen (secondary N) is 1. The van der Waals surface area contributed by atoms with Crippen LogP contribution in [-0.4, -0.2) is 31.4 Å². The van der Waals surface area contributed by atoms with Gasteiger partial charge in [0.25, 0.3) is 0 Å². The highest BCUT2D eigenvalue weighted by Crippen LogP contribution is 2.22. The molecule has 18 heavy (non-hydrogen) atoms. The van der Waals surface area contributed by atoms with E-state index >= 15 is 0 Å². The number of anilines is 1. The first-order valence-corrected chi connectivity index (χ1v) is 5.75. The summed E-state index contributed by atoms with van der Waals surface area (Å²) in [5.74, 6) is -0.254. The molecule has 0 unspecified atom stereocenters. The molecule has 0 saturated carbocycles. The average Bonchev–Trinajstić information content (AvgIpc) is 2.39. The standard InChI is InChI=1S/C13H15N3O2/c14-7-3-5-10-4-1-2-6-11(10)16-9-12(17)15-8-13(16)18/h1-6H,7-9,14H2,(H,15,17)/b5-3+. The van der Waals surface area contributed by atoms with Gasteiger partial charge in [-0.1, -0.05) is 30.4 Å². The van der Waals surface area contributed by atoms with Crippen LogP contribution in [0.4, 0.5) is 5.69 Å². The molecular weight excluding hydrogens is 230 g/mol. The van der Waals surface area contributed by atoms with E-state index in [0.29, 0.717) is 6.54 Å². The van der Waals surface area contributed by atoms with Crippen LogP contribution in [0.25, 0.3) is 6.08 Å². The monoisotopic (exact) mass is 245 g/mol. The van der Waals surface area contributed by atoms with Crippen molar-refractivity contribution in [2.24, 2.45) is 5.73 Å². The summed E-state index contributed by atoms with van der Waals surface area (Å²) in [6.45, 7) is 0.544. The van der Waals surface area contributed by atoms with E-state index < -0.39 is 0 Å². The van der Waals surface area contributed by atoms with E-state index in [1.54, 1.807) is 0 Å². The van der Waals surface area contributed by atoms with Gasteiger partial charge < -0.3 is 16.0 Å². The van der Waals surface area contributed by atoms with Gasteiger partial charge in [0.2, 0.25) is 11.8 Å². The summed E-state index contributed by atoms with van der Waals surface area (Å²) < 4.78 is 0. The lowest BCUT2D eigenvalue weighted by Gasteiger charge is -2.27. The lowest BCUT2D eigenvalue weighted by Crippen LogP contribution is -2.51. The molecule has 2 amide bonds. The first-order chi connectivity index (χ1) is 8.72. The summed E-state index contributed by atoms with van der Waals surface area (Å²) in [5, 5.41) is 2.53. The summed E-state index contributed by atoms with van der Waals surface area (Å²) >= 11 is 0. The van der Waals surface area contributed by atoms with Crippen molar-refractivity contribution >= 4 is 23.6 Å². The van der Waals surface area contributed by atoms with Gasteiger partial charge in [-0.2, -0.15) is 0 Å². The van der Waals surface area contributed by atoms with Crippen LogP contribution >= 0.6 is 0 Å². The zero-order valence-corrected chi connectivity index (χ0v) is 9.93. The third kappa shape index (κ3) is 2.57. The van der Waals surface area contributed by atoms with Crippen LogP contribution in [0.3, 0.4) is 0 Å². The number of carbonyl (C=O) groups is 2. The molecule has 0 spiro atoms. The highest BCUT2D eigenvalue weighted by Gasteiger charge is 2.25. The third-order valence-corrected chi connectivity index (χ3v) is 2.70. The molecule has 1 fully saturated rings. The van der Waals surface area contributed by atoms with Crippen molar-refractivity contribution in [2.75, 3.05) is 24.5 Å². The van der Waals surface area contributed by atoms with Crippen LogP contribution in [0.1, 0.15) is 5.56 Å². The van der Waals surface area contributed by atoms with Crippen molar-refractivity contribution < 1.29 is 9.59 Å². The van der Waals surface area contributed by atoms with Gasteiger partial charge in [0.05, 0.1) is 12.2 Å². The number of hydrogen-bond donors (Lipinski definition) is 2. The minimum Gasteiger partial charge on any atom is -0.345 e. The number of para-hydroxylation sites is 1. The van der Waals surface area contributed by atoms with Crippen molar-refractivity contribution in [1.82, 2.24) is 5.32 Å². The van der Waals surface area contributed by atoms with Crippen molar-refractivity contribution in [3.63, 3.8) is 0 Å². The van der Waals surface area contributed by atoms with E-state index in [1.165, 1.54) is 4.90 Å². The van der Waals surface area contributed by atoms with Gasteiger partial charge in [0.1, 0.15) is 6.54 Å². The number of nitrogens with two attached hydrogens (primary N) is 1. The Bertz CT molecular complexity index is 497. The normalized spacial score (nSPS) is 16.2. The Hall–Kier alpha value is -2.14. The largest absolute Gasteiger partial charge is 0.345 e. The molecule has 0 atom stereocenters. The summed E-state index contributed by atoms with van der Waals surface area (Å²) in [5.41, 5.74) is 7.04. The Morgan fingerprint density at radius 1 is 1.33 bits per heavy atom. The number of amides is 2. The van der Waals surface area contributed by atoms with Crippen LogP contribution in [0.2, 0.25) is 0 Å². The summed E-state index contributed by atoms with van der Waals surface area (Å²) in [4.78, 5) is 24.7. The molecule has 5 heteroatoms. The van der Waals surface area contributed by atoms with Crippen molar-refractivity contribution in [3.8, 4) is 0 Å². The predicted octanol–water partition coefficient (Wildman–Crippen LogP) is 0.121. The number of benzene rings is 1. The van der Waals surface area contributed by atoms with E-state index in [4.69, 9.17) is 5.73 Å². The van der Waals surface area contributed by atoms with E-state index in [1.807, 2.05) is 36.4 Å². The smallest absolute Gasteiger partial charge is 0.246 e. The Morgan fingerprint density at radius 3 is 2.89 bits per heavy atom. The minimum absolute atomic E-state index is 0.0494. The SMILES string of the molecule is NC/C=C/c1ccccc1N1CC(=O)NCC1=O. The first-order valence-electron chi connectivity index (χ1n) is 5.75. The second kappa shape index (κ2) is 5.46. The average molecular weight is 245 g/mol. The van der Waals surface area contributed by atoms with Crippen LogP contribution in [-0.2, 0) is 9.59 Å². The molecule has 1 aromatic rings. The van der Waals surface area contributed by atoms with E-state index in [0.717, 1.165) is 11.3 Å². The fourth-order valence-electron chi connectivity index (χ4n) is 1.85. The van der Waals surface area contributed by atoms with Crippen molar-refractivity contribution in [2.45, 2.75) is 0 Å². The van der Waals surface area contributed by atoms with Crippen LogP contribution in [0.5, 0.6) is 0 Å². The predicted molar refractivity (Wildman–Crippen MR) is 69.9 cm³/mol. The highest BCUT2D eigenvalue weighted by atomic mass is 16.2. The Labute approximate surface area is 105 Å². The Kier molecular flexibility index (Phi) is 3.74. The zero-order chi connectivity index (χ0) is 13.0. The molecule has 1 aliphatic rings.